The van der Waals surface area contributed by atoms with Crippen LogP contribution in [0.2, 0.25) is 0 Å². The molecule has 1 atom stereocenters. The number of likely N-dealkylation sites (tertiary alicyclic amines) is 1. The Morgan fingerprint density at radius 3 is 2.76 bits per heavy atom. The third-order valence-corrected chi connectivity index (χ3v) is 3.98. The van der Waals surface area contributed by atoms with E-state index in [9.17, 15) is 4.79 Å². The van der Waals surface area contributed by atoms with Gasteiger partial charge in [0.1, 0.15) is 0 Å². The summed E-state index contributed by atoms with van der Waals surface area (Å²) in [7, 11) is 0. The SMILES string of the molecule is CC1CCN(CCNC(=O)C2CCCN2)CC1. The Labute approximate surface area is 104 Å². The first-order chi connectivity index (χ1) is 8.25. The number of hydrogen-bond donors (Lipinski definition) is 2. The Balaban J connectivity index is 1.57. The largest absolute Gasteiger partial charge is 0.353 e. The van der Waals surface area contributed by atoms with E-state index in [1.807, 2.05) is 0 Å². The predicted molar refractivity (Wildman–Crippen MR) is 68.9 cm³/mol. The lowest BCUT2D eigenvalue weighted by atomic mass is 9.99. The number of carbonyl (C=O) groups excluding carboxylic acids is 1. The summed E-state index contributed by atoms with van der Waals surface area (Å²) < 4.78 is 0. The zero-order chi connectivity index (χ0) is 12.1. The second kappa shape index (κ2) is 6.36. The maximum absolute atomic E-state index is 11.7. The fraction of sp³-hybridized carbons (Fsp3) is 0.923. The number of hydrogen-bond acceptors (Lipinski definition) is 3. The maximum atomic E-state index is 11.7. The molecule has 2 aliphatic heterocycles. The first-order valence-electron chi connectivity index (χ1n) is 6.99. The molecule has 0 bridgehead atoms. The number of carbonyl (C=O) groups is 1. The second-order valence-corrected chi connectivity index (χ2v) is 5.46. The molecular formula is C13H25N3O. The molecule has 2 rings (SSSR count). The van der Waals surface area contributed by atoms with Crippen LogP contribution in [-0.2, 0) is 4.79 Å². The van der Waals surface area contributed by atoms with Crippen molar-refractivity contribution in [1.29, 1.82) is 0 Å². The van der Waals surface area contributed by atoms with E-state index < -0.39 is 0 Å². The molecule has 2 saturated heterocycles. The van der Waals surface area contributed by atoms with Crippen LogP contribution < -0.4 is 10.6 Å². The number of rotatable bonds is 4. The predicted octanol–water partition coefficient (Wildman–Crippen LogP) is 0.587. The van der Waals surface area contributed by atoms with E-state index in [0.717, 1.165) is 38.4 Å². The lowest BCUT2D eigenvalue weighted by Gasteiger charge is -2.30. The lowest BCUT2D eigenvalue weighted by Crippen LogP contribution is -2.44. The molecule has 2 aliphatic rings. The normalized spacial score (nSPS) is 27.2. The maximum Gasteiger partial charge on any atom is 0.237 e. The number of amides is 1. The van der Waals surface area contributed by atoms with Crippen LogP contribution in [0, 0.1) is 5.92 Å². The van der Waals surface area contributed by atoms with Crippen molar-refractivity contribution in [3.8, 4) is 0 Å². The van der Waals surface area contributed by atoms with E-state index in [0.29, 0.717) is 0 Å². The molecule has 0 spiro atoms. The fourth-order valence-electron chi connectivity index (χ4n) is 2.65. The van der Waals surface area contributed by atoms with E-state index in [4.69, 9.17) is 0 Å². The van der Waals surface area contributed by atoms with E-state index in [-0.39, 0.29) is 11.9 Å². The first-order valence-corrected chi connectivity index (χ1v) is 6.99. The molecule has 0 aromatic carbocycles. The molecule has 0 radical (unpaired) electrons. The molecule has 4 nitrogen and oxygen atoms in total. The molecule has 2 fully saturated rings. The van der Waals surface area contributed by atoms with Gasteiger partial charge in [0.15, 0.2) is 0 Å². The van der Waals surface area contributed by atoms with Gasteiger partial charge in [0.2, 0.25) is 5.91 Å². The molecule has 1 unspecified atom stereocenters. The van der Waals surface area contributed by atoms with Gasteiger partial charge in [-0.25, -0.2) is 0 Å². The van der Waals surface area contributed by atoms with Crippen LogP contribution in [0.1, 0.15) is 32.6 Å². The third-order valence-electron chi connectivity index (χ3n) is 3.98. The van der Waals surface area contributed by atoms with E-state index in [1.54, 1.807) is 0 Å². The summed E-state index contributed by atoms with van der Waals surface area (Å²) in [6.45, 7) is 7.50. The highest BCUT2D eigenvalue weighted by atomic mass is 16.2. The van der Waals surface area contributed by atoms with Crippen LogP contribution in [0.25, 0.3) is 0 Å². The van der Waals surface area contributed by atoms with Crippen molar-refractivity contribution in [2.75, 3.05) is 32.7 Å². The van der Waals surface area contributed by atoms with Crippen LogP contribution in [0.4, 0.5) is 0 Å². The van der Waals surface area contributed by atoms with E-state index >= 15 is 0 Å². The summed E-state index contributed by atoms with van der Waals surface area (Å²) in [6.07, 6.45) is 4.73. The van der Waals surface area contributed by atoms with Crippen LogP contribution in [-0.4, -0.2) is 49.6 Å². The molecule has 98 valence electrons. The second-order valence-electron chi connectivity index (χ2n) is 5.46. The molecule has 0 aromatic rings. The molecule has 4 heteroatoms. The van der Waals surface area contributed by atoms with Gasteiger partial charge in [-0.15, -0.1) is 0 Å². The summed E-state index contributed by atoms with van der Waals surface area (Å²) in [4.78, 5) is 14.2. The number of nitrogens with one attached hydrogen (secondary N) is 2. The Morgan fingerprint density at radius 2 is 2.12 bits per heavy atom. The van der Waals surface area contributed by atoms with Crippen molar-refractivity contribution in [3.05, 3.63) is 0 Å². The average molecular weight is 239 g/mol. The Kier molecular flexibility index (Phi) is 4.80. The summed E-state index contributed by atoms with van der Waals surface area (Å²) in [6, 6.07) is 0.0661. The van der Waals surface area contributed by atoms with Gasteiger partial charge >= 0.3 is 0 Å². The molecule has 17 heavy (non-hydrogen) atoms. The fourth-order valence-corrected chi connectivity index (χ4v) is 2.65. The van der Waals surface area contributed by atoms with Crippen molar-refractivity contribution in [2.24, 2.45) is 5.92 Å². The Bertz CT molecular complexity index is 243. The standard InChI is InChI=1S/C13H25N3O/c1-11-4-8-16(9-5-11)10-7-15-13(17)12-3-2-6-14-12/h11-12,14H,2-10H2,1H3,(H,15,17). The van der Waals surface area contributed by atoms with Crippen molar-refractivity contribution in [1.82, 2.24) is 15.5 Å². The van der Waals surface area contributed by atoms with Gasteiger partial charge in [-0.1, -0.05) is 6.92 Å². The summed E-state index contributed by atoms with van der Waals surface area (Å²) in [5, 5.41) is 6.26. The first kappa shape index (κ1) is 12.8. The molecule has 1 amide bonds. The minimum absolute atomic E-state index is 0.0661. The van der Waals surface area contributed by atoms with Crippen molar-refractivity contribution in [3.63, 3.8) is 0 Å². The van der Waals surface area contributed by atoms with Gasteiger partial charge < -0.3 is 15.5 Å². The van der Waals surface area contributed by atoms with Crippen LogP contribution in [0.15, 0.2) is 0 Å². The van der Waals surface area contributed by atoms with Crippen LogP contribution in [0.3, 0.4) is 0 Å². The van der Waals surface area contributed by atoms with E-state index in [1.165, 1.54) is 25.9 Å². The summed E-state index contributed by atoms with van der Waals surface area (Å²) in [5.41, 5.74) is 0. The highest BCUT2D eigenvalue weighted by Crippen LogP contribution is 2.15. The Hall–Kier alpha value is -0.610. The van der Waals surface area contributed by atoms with Gasteiger partial charge in [0.05, 0.1) is 6.04 Å². The minimum atomic E-state index is 0.0661. The molecular weight excluding hydrogens is 214 g/mol. The molecule has 0 aromatic heterocycles. The summed E-state index contributed by atoms with van der Waals surface area (Å²) in [5.74, 6) is 1.07. The highest BCUT2D eigenvalue weighted by Gasteiger charge is 2.21. The Morgan fingerprint density at radius 1 is 1.35 bits per heavy atom. The number of piperidine rings is 1. The topological polar surface area (TPSA) is 44.4 Å². The summed E-state index contributed by atoms with van der Waals surface area (Å²) >= 11 is 0. The highest BCUT2D eigenvalue weighted by molar-refractivity contribution is 5.81. The monoisotopic (exact) mass is 239 g/mol. The number of nitrogens with zero attached hydrogens (tertiary/aromatic N) is 1. The van der Waals surface area contributed by atoms with Crippen molar-refractivity contribution in [2.45, 2.75) is 38.6 Å². The van der Waals surface area contributed by atoms with E-state index in [2.05, 4.69) is 22.5 Å². The van der Waals surface area contributed by atoms with Gasteiger partial charge in [0.25, 0.3) is 0 Å². The van der Waals surface area contributed by atoms with Crippen molar-refractivity contribution < 1.29 is 4.79 Å². The zero-order valence-electron chi connectivity index (χ0n) is 10.9. The molecule has 2 N–H and O–H groups in total. The zero-order valence-corrected chi connectivity index (χ0v) is 10.9. The smallest absolute Gasteiger partial charge is 0.237 e. The molecule has 2 heterocycles. The quantitative estimate of drug-likeness (QED) is 0.754. The third kappa shape index (κ3) is 3.96. The average Bonchev–Trinajstić information content (AvgIpc) is 2.85. The molecule has 0 saturated carbocycles. The molecule has 0 aliphatic carbocycles. The van der Waals surface area contributed by atoms with Gasteiger partial charge in [-0.05, 0) is 51.2 Å². The lowest BCUT2D eigenvalue weighted by molar-refractivity contribution is -0.122. The van der Waals surface area contributed by atoms with Gasteiger partial charge in [0, 0.05) is 13.1 Å². The van der Waals surface area contributed by atoms with Crippen LogP contribution in [0.5, 0.6) is 0 Å². The van der Waals surface area contributed by atoms with Crippen molar-refractivity contribution >= 4 is 5.91 Å². The minimum Gasteiger partial charge on any atom is -0.353 e. The van der Waals surface area contributed by atoms with Gasteiger partial charge in [-0.2, -0.15) is 0 Å². The van der Waals surface area contributed by atoms with Crippen LogP contribution >= 0.6 is 0 Å². The van der Waals surface area contributed by atoms with Gasteiger partial charge in [-0.3, -0.25) is 4.79 Å².